The molecule has 1 N–H and O–H groups in total. The maximum Gasteiger partial charge on any atom is 0.342 e. The summed E-state index contributed by atoms with van der Waals surface area (Å²) in [6.45, 7) is 7.83. The number of aromatic amines is 1. The van der Waals surface area contributed by atoms with Crippen LogP contribution in [0.4, 0.5) is 0 Å². The van der Waals surface area contributed by atoms with Crippen molar-refractivity contribution < 1.29 is 36.5 Å². The largest absolute Gasteiger partial charge is 0.462 e. The number of para-hydroxylation sites is 1. The van der Waals surface area contributed by atoms with E-state index in [1.807, 2.05) is 0 Å². The van der Waals surface area contributed by atoms with Gasteiger partial charge in [-0.15, -0.1) is 0 Å². The normalized spacial score (nSPS) is 11.1. The second-order valence-electron chi connectivity index (χ2n) is 8.15. The number of aryl methyl sites for hydroxylation is 3. The Labute approximate surface area is 209 Å². The van der Waals surface area contributed by atoms with Crippen LogP contribution in [-0.4, -0.2) is 44.3 Å². The van der Waals surface area contributed by atoms with Crippen LogP contribution in [0.25, 0.3) is 0 Å². The van der Waals surface area contributed by atoms with Crippen molar-refractivity contribution in [2.75, 3.05) is 13.2 Å². The van der Waals surface area contributed by atoms with Crippen LogP contribution in [0, 0.1) is 27.7 Å². The molecule has 3 rings (SSSR count). The van der Waals surface area contributed by atoms with E-state index in [2.05, 4.69) is 4.98 Å². The molecular formula is C26H27NO8S. The molecule has 190 valence electrons. The summed E-state index contributed by atoms with van der Waals surface area (Å²) < 4.78 is 41.3. The molecule has 0 atom stereocenters. The number of carbonyl (C=O) groups is 3. The molecule has 0 saturated heterocycles. The summed E-state index contributed by atoms with van der Waals surface area (Å²) in [7, 11) is -4.24. The smallest absolute Gasteiger partial charge is 0.342 e. The summed E-state index contributed by atoms with van der Waals surface area (Å²) >= 11 is 0. The fourth-order valence-electron chi connectivity index (χ4n) is 3.67. The molecule has 0 spiro atoms. The monoisotopic (exact) mass is 513 g/mol. The lowest BCUT2D eigenvalue weighted by molar-refractivity contribution is 0.0470. The molecule has 0 aliphatic carbocycles. The number of ether oxygens (including phenoxy) is 2. The topological polar surface area (TPSA) is 129 Å². The number of hydrogen-bond acceptors (Lipinski definition) is 8. The van der Waals surface area contributed by atoms with Crippen molar-refractivity contribution in [1.82, 2.24) is 4.98 Å². The molecule has 9 nitrogen and oxygen atoms in total. The third-order valence-electron chi connectivity index (χ3n) is 5.45. The molecule has 1 heterocycles. The van der Waals surface area contributed by atoms with Crippen molar-refractivity contribution in [3.05, 3.63) is 81.7 Å². The number of hydrogen-bond donors (Lipinski definition) is 1. The molecule has 0 radical (unpaired) electrons. The van der Waals surface area contributed by atoms with Gasteiger partial charge in [0.15, 0.2) is 12.4 Å². The molecule has 0 bridgehead atoms. The molecule has 10 heteroatoms. The number of benzene rings is 2. The minimum Gasteiger partial charge on any atom is -0.462 e. The first kappa shape index (κ1) is 26.7. The van der Waals surface area contributed by atoms with Crippen molar-refractivity contribution in [2.24, 2.45) is 0 Å². The maximum absolute atomic E-state index is 12.9. The standard InChI is InChI=1S/C26H27NO8S/c1-6-33-26(30)23-17(4)24(27-18(23)5)20(28)14-34-25(29)19-9-7-8-10-21(19)35-36(31,32)22-13-15(2)11-12-16(22)3/h7-13,27H,6,14H2,1-5H3. The van der Waals surface area contributed by atoms with Gasteiger partial charge >= 0.3 is 22.1 Å². The van der Waals surface area contributed by atoms with E-state index in [0.29, 0.717) is 16.8 Å². The van der Waals surface area contributed by atoms with E-state index in [1.54, 1.807) is 46.8 Å². The molecule has 0 fully saturated rings. The van der Waals surface area contributed by atoms with Crippen LogP contribution in [0.5, 0.6) is 5.75 Å². The van der Waals surface area contributed by atoms with E-state index >= 15 is 0 Å². The Balaban J connectivity index is 1.78. The molecule has 0 aliphatic heterocycles. The van der Waals surface area contributed by atoms with Crippen LogP contribution in [0.3, 0.4) is 0 Å². The highest BCUT2D eigenvalue weighted by Crippen LogP contribution is 2.26. The van der Waals surface area contributed by atoms with E-state index in [9.17, 15) is 22.8 Å². The van der Waals surface area contributed by atoms with Crippen LogP contribution in [0.2, 0.25) is 0 Å². The van der Waals surface area contributed by atoms with Gasteiger partial charge in [-0.05, 0) is 69.5 Å². The molecule has 2 aromatic carbocycles. The average Bonchev–Trinajstić information content (AvgIpc) is 3.12. The summed E-state index contributed by atoms with van der Waals surface area (Å²) in [5.74, 6) is -2.30. The lowest BCUT2D eigenvalue weighted by Gasteiger charge is -2.13. The molecule has 1 aromatic heterocycles. The average molecular weight is 514 g/mol. The van der Waals surface area contributed by atoms with Crippen molar-refractivity contribution in [1.29, 1.82) is 0 Å². The summed E-state index contributed by atoms with van der Waals surface area (Å²) in [4.78, 5) is 40.5. The highest BCUT2D eigenvalue weighted by atomic mass is 32.2. The van der Waals surface area contributed by atoms with Crippen molar-refractivity contribution in [2.45, 2.75) is 39.5 Å². The molecule has 0 unspecified atom stereocenters. The van der Waals surface area contributed by atoms with E-state index < -0.39 is 34.4 Å². The first-order valence-electron chi connectivity index (χ1n) is 11.1. The summed E-state index contributed by atoms with van der Waals surface area (Å²) in [6, 6.07) is 10.6. The molecule has 36 heavy (non-hydrogen) atoms. The molecule has 0 aliphatic rings. The molecular weight excluding hydrogens is 486 g/mol. The quantitative estimate of drug-likeness (QED) is 0.256. The van der Waals surface area contributed by atoms with Crippen LogP contribution in [-0.2, 0) is 19.6 Å². The van der Waals surface area contributed by atoms with Crippen LogP contribution >= 0.6 is 0 Å². The molecule has 0 saturated carbocycles. The van der Waals surface area contributed by atoms with Gasteiger partial charge in [0.05, 0.1) is 17.9 Å². The number of aromatic nitrogens is 1. The van der Waals surface area contributed by atoms with Gasteiger partial charge in [0.2, 0.25) is 5.78 Å². The Hall–Kier alpha value is -3.92. The predicted molar refractivity (Wildman–Crippen MR) is 131 cm³/mol. The number of Topliss-reactive ketones (excluding diaryl/α,β-unsaturated/α-hetero) is 1. The zero-order valence-electron chi connectivity index (χ0n) is 20.6. The van der Waals surface area contributed by atoms with Gasteiger partial charge in [0.1, 0.15) is 10.5 Å². The number of rotatable bonds is 9. The zero-order valence-corrected chi connectivity index (χ0v) is 21.4. The molecule has 3 aromatic rings. The first-order valence-corrected chi connectivity index (χ1v) is 12.5. The van der Waals surface area contributed by atoms with Gasteiger partial charge in [0.25, 0.3) is 0 Å². The fourth-order valence-corrected chi connectivity index (χ4v) is 4.93. The minimum atomic E-state index is -4.24. The van der Waals surface area contributed by atoms with Crippen LogP contribution in [0.15, 0.2) is 47.4 Å². The van der Waals surface area contributed by atoms with E-state index in [-0.39, 0.29) is 34.1 Å². The molecule has 0 amide bonds. The Kier molecular flexibility index (Phi) is 7.99. The van der Waals surface area contributed by atoms with Gasteiger partial charge in [-0.25, -0.2) is 9.59 Å². The maximum atomic E-state index is 12.9. The third-order valence-corrected chi connectivity index (χ3v) is 6.83. The van der Waals surface area contributed by atoms with E-state index in [1.165, 1.54) is 30.3 Å². The number of nitrogens with one attached hydrogen (secondary N) is 1. The number of esters is 2. The second kappa shape index (κ2) is 10.8. The third kappa shape index (κ3) is 5.65. The lowest BCUT2D eigenvalue weighted by atomic mass is 10.1. The highest BCUT2D eigenvalue weighted by Gasteiger charge is 2.26. The summed E-state index contributed by atoms with van der Waals surface area (Å²) in [5, 5.41) is 0. The van der Waals surface area contributed by atoms with Gasteiger partial charge in [-0.3, -0.25) is 4.79 Å². The SMILES string of the molecule is CCOC(=O)c1c(C)[nH]c(C(=O)COC(=O)c2ccccc2OS(=O)(=O)c2cc(C)ccc2C)c1C. The first-order chi connectivity index (χ1) is 17.0. The van der Waals surface area contributed by atoms with Crippen molar-refractivity contribution in [3.63, 3.8) is 0 Å². The number of H-pyrrole nitrogens is 1. The number of carbonyl (C=O) groups excluding carboxylic acids is 3. The second-order valence-corrected chi connectivity index (χ2v) is 9.66. The van der Waals surface area contributed by atoms with Crippen molar-refractivity contribution in [3.8, 4) is 5.75 Å². The lowest BCUT2D eigenvalue weighted by Crippen LogP contribution is -2.18. The van der Waals surface area contributed by atoms with Gasteiger partial charge in [0, 0.05) is 5.69 Å². The van der Waals surface area contributed by atoms with Crippen LogP contribution in [0.1, 0.15) is 60.5 Å². The number of ketones is 1. The Morgan fingerprint density at radius 1 is 0.917 bits per heavy atom. The highest BCUT2D eigenvalue weighted by molar-refractivity contribution is 7.87. The Morgan fingerprint density at radius 3 is 2.31 bits per heavy atom. The van der Waals surface area contributed by atoms with Gasteiger partial charge in [-0.1, -0.05) is 24.3 Å². The van der Waals surface area contributed by atoms with Gasteiger partial charge in [-0.2, -0.15) is 8.42 Å². The van der Waals surface area contributed by atoms with E-state index in [0.717, 1.165) is 5.56 Å². The Bertz CT molecular complexity index is 1440. The van der Waals surface area contributed by atoms with Crippen molar-refractivity contribution >= 4 is 27.8 Å². The van der Waals surface area contributed by atoms with Crippen LogP contribution < -0.4 is 4.18 Å². The Morgan fingerprint density at radius 2 is 1.61 bits per heavy atom. The van der Waals surface area contributed by atoms with E-state index in [4.69, 9.17) is 13.7 Å². The summed E-state index contributed by atoms with van der Waals surface area (Å²) in [6.07, 6.45) is 0. The zero-order chi connectivity index (χ0) is 26.6. The fraction of sp³-hybridized carbons (Fsp3) is 0.269. The minimum absolute atomic E-state index is 0.0177. The summed E-state index contributed by atoms with van der Waals surface area (Å²) in [5.41, 5.74) is 2.27. The predicted octanol–water partition coefficient (Wildman–Crippen LogP) is 4.23. The van der Waals surface area contributed by atoms with Gasteiger partial charge < -0.3 is 18.6 Å².